The molecule has 6 rings (SSSR count). The van der Waals surface area contributed by atoms with Crippen LogP contribution in [0.1, 0.15) is 0 Å². The summed E-state index contributed by atoms with van der Waals surface area (Å²) in [6.45, 7) is 0. The Kier molecular flexibility index (Phi) is 4.70. The van der Waals surface area contributed by atoms with E-state index < -0.39 is 0 Å². The third kappa shape index (κ3) is 3.37. The Morgan fingerprint density at radius 3 is 2.00 bits per heavy atom. The van der Waals surface area contributed by atoms with Crippen LogP contribution in [0.25, 0.3) is 44.1 Å². The number of nitrogens with zero attached hydrogens (tertiary/aromatic N) is 1. The summed E-state index contributed by atoms with van der Waals surface area (Å²) >= 11 is 0. The predicted octanol–water partition coefficient (Wildman–Crippen LogP) is 8.42. The van der Waals surface area contributed by atoms with Crippen molar-refractivity contribution in [3.05, 3.63) is 121 Å². The van der Waals surface area contributed by atoms with Gasteiger partial charge in [0.15, 0.2) is 0 Å². The van der Waals surface area contributed by atoms with E-state index in [2.05, 4.69) is 138 Å². The largest absolute Gasteiger partial charge is 0.353 e. The van der Waals surface area contributed by atoms with Crippen LogP contribution >= 0.6 is 0 Å². The molecule has 2 heteroatoms. The van der Waals surface area contributed by atoms with E-state index in [4.69, 9.17) is 0 Å². The highest BCUT2D eigenvalue weighted by Gasteiger charge is 2.18. The molecule has 0 unspecified atom stereocenters. The number of anilines is 2. The van der Waals surface area contributed by atoms with Crippen LogP contribution in [-0.2, 0) is 0 Å². The van der Waals surface area contributed by atoms with Gasteiger partial charge in [0, 0.05) is 34.6 Å². The van der Waals surface area contributed by atoms with Crippen molar-refractivity contribution in [1.82, 2.24) is 4.98 Å². The first-order valence-electron chi connectivity index (χ1n) is 11.3. The number of para-hydroxylation sites is 1. The standard InChI is InChI=1S/C31H24N2/c1-33(25-16-10-15-24(21-25)22-11-4-2-5-12-22)31-26(23-13-6-3-7-14-23)19-20-28-27-17-8-9-18-29(27)32-30(28)31/h2-21,32H,1H3. The van der Waals surface area contributed by atoms with Crippen LogP contribution in [0.5, 0.6) is 0 Å². The van der Waals surface area contributed by atoms with Crippen molar-refractivity contribution < 1.29 is 0 Å². The zero-order valence-corrected chi connectivity index (χ0v) is 18.5. The third-order valence-corrected chi connectivity index (χ3v) is 6.42. The maximum Gasteiger partial charge on any atom is 0.0733 e. The fraction of sp³-hybridized carbons (Fsp3) is 0.0323. The molecule has 1 aromatic heterocycles. The summed E-state index contributed by atoms with van der Waals surface area (Å²) in [4.78, 5) is 6.02. The molecule has 0 amide bonds. The van der Waals surface area contributed by atoms with Gasteiger partial charge in [-0.15, -0.1) is 0 Å². The molecule has 0 fully saturated rings. The molecule has 33 heavy (non-hydrogen) atoms. The van der Waals surface area contributed by atoms with Crippen LogP contribution in [-0.4, -0.2) is 12.0 Å². The second-order valence-electron chi connectivity index (χ2n) is 8.40. The first-order chi connectivity index (χ1) is 16.3. The molecule has 0 aliphatic rings. The van der Waals surface area contributed by atoms with Crippen LogP contribution in [0.4, 0.5) is 11.4 Å². The van der Waals surface area contributed by atoms with E-state index >= 15 is 0 Å². The number of H-pyrrole nitrogens is 1. The highest BCUT2D eigenvalue weighted by atomic mass is 15.1. The van der Waals surface area contributed by atoms with E-state index in [0.717, 1.165) is 16.7 Å². The molecule has 0 saturated carbocycles. The summed E-state index contributed by atoms with van der Waals surface area (Å²) < 4.78 is 0. The SMILES string of the molecule is CN(c1cccc(-c2ccccc2)c1)c1c(-c2ccccc2)ccc2c1[nH]c1ccccc12. The summed E-state index contributed by atoms with van der Waals surface area (Å²) in [6, 6.07) is 43.0. The molecule has 1 N–H and O–H groups in total. The summed E-state index contributed by atoms with van der Waals surface area (Å²) in [5.41, 5.74) is 9.50. The fourth-order valence-electron chi connectivity index (χ4n) is 4.76. The normalized spacial score (nSPS) is 11.2. The lowest BCUT2D eigenvalue weighted by molar-refractivity contribution is 1.22. The van der Waals surface area contributed by atoms with Gasteiger partial charge in [-0.1, -0.05) is 103 Å². The average molecular weight is 425 g/mol. The smallest absolute Gasteiger partial charge is 0.0733 e. The molecule has 2 nitrogen and oxygen atoms in total. The second kappa shape index (κ2) is 7.99. The quantitative estimate of drug-likeness (QED) is 0.301. The summed E-state index contributed by atoms with van der Waals surface area (Å²) in [5, 5.41) is 2.49. The maximum absolute atomic E-state index is 3.71. The van der Waals surface area contributed by atoms with E-state index in [1.54, 1.807) is 0 Å². The predicted molar refractivity (Wildman–Crippen MR) is 141 cm³/mol. The van der Waals surface area contributed by atoms with Gasteiger partial charge in [-0.25, -0.2) is 0 Å². The van der Waals surface area contributed by atoms with Gasteiger partial charge in [0.25, 0.3) is 0 Å². The third-order valence-electron chi connectivity index (χ3n) is 6.42. The van der Waals surface area contributed by atoms with Crippen LogP contribution in [0.2, 0.25) is 0 Å². The molecule has 158 valence electrons. The molecular formula is C31H24N2. The van der Waals surface area contributed by atoms with E-state index in [1.807, 2.05) is 0 Å². The Hall–Kier alpha value is -4.30. The zero-order valence-electron chi connectivity index (χ0n) is 18.5. The summed E-state index contributed by atoms with van der Waals surface area (Å²) in [5.74, 6) is 0. The van der Waals surface area contributed by atoms with Crippen molar-refractivity contribution in [3.8, 4) is 22.3 Å². The van der Waals surface area contributed by atoms with E-state index in [9.17, 15) is 0 Å². The van der Waals surface area contributed by atoms with Gasteiger partial charge in [0.05, 0.1) is 11.2 Å². The van der Waals surface area contributed by atoms with Crippen molar-refractivity contribution in [2.75, 3.05) is 11.9 Å². The fourth-order valence-corrected chi connectivity index (χ4v) is 4.76. The molecule has 0 atom stereocenters. The van der Waals surface area contributed by atoms with Gasteiger partial charge in [-0.2, -0.15) is 0 Å². The monoisotopic (exact) mass is 424 g/mol. The minimum atomic E-state index is 1.15. The highest BCUT2D eigenvalue weighted by Crippen LogP contribution is 2.42. The lowest BCUT2D eigenvalue weighted by Gasteiger charge is -2.24. The highest BCUT2D eigenvalue weighted by molar-refractivity contribution is 6.14. The van der Waals surface area contributed by atoms with Gasteiger partial charge in [-0.3, -0.25) is 0 Å². The van der Waals surface area contributed by atoms with Gasteiger partial charge in [0.2, 0.25) is 0 Å². The van der Waals surface area contributed by atoms with Crippen molar-refractivity contribution in [3.63, 3.8) is 0 Å². The minimum Gasteiger partial charge on any atom is -0.353 e. The topological polar surface area (TPSA) is 19.0 Å². The Balaban J connectivity index is 1.59. The molecular weight excluding hydrogens is 400 g/mol. The number of nitrogens with one attached hydrogen (secondary N) is 1. The van der Waals surface area contributed by atoms with Crippen molar-refractivity contribution >= 4 is 33.2 Å². The maximum atomic E-state index is 3.71. The molecule has 0 bridgehead atoms. The van der Waals surface area contributed by atoms with E-state index in [1.165, 1.54) is 38.7 Å². The lowest BCUT2D eigenvalue weighted by Crippen LogP contribution is -2.11. The Bertz CT molecular complexity index is 1560. The minimum absolute atomic E-state index is 1.15. The number of fused-ring (bicyclic) bond motifs is 3. The van der Waals surface area contributed by atoms with E-state index in [-0.39, 0.29) is 0 Å². The van der Waals surface area contributed by atoms with E-state index in [0.29, 0.717) is 0 Å². The van der Waals surface area contributed by atoms with Crippen LogP contribution in [0.15, 0.2) is 121 Å². The molecule has 0 saturated heterocycles. The van der Waals surface area contributed by atoms with Gasteiger partial charge >= 0.3 is 0 Å². The number of rotatable bonds is 4. The zero-order chi connectivity index (χ0) is 22.2. The molecule has 0 aliphatic heterocycles. The van der Waals surface area contributed by atoms with Crippen molar-refractivity contribution in [2.45, 2.75) is 0 Å². The first kappa shape index (κ1) is 19.4. The number of aromatic nitrogens is 1. The van der Waals surface area contributed by atoms with Crippen LogP contribution < -0.4 is 4.90 Å². The van der Waals surface area contributed by atoms with Crippen molar-refractivity contribution in [1.29, 1.82) is 0 Å². The summed E-state index contributed by atoms with van der Waals surface area (Å²) in [6.07, 6.45) is 0. The van der Waals surface area contributed by atoms with Crippen LogP contribution in [0, 0.1) is 0 Å². The first-order valence-corrected chi connectivity index (χ1v) is 11.3. The Morgan fingerprint density at radius 2 is 1.21 bits per heavy atom. The molecule has 0 aliphatic carbocycles. The van der Waals surface area contributed by atoms with Crippen molar-refractivity contribution in [2.24, 2.45) is 0 Å². The number of benzene rings is 5. The Morgan fingerprint density at radius 1 is 0.545 bits per heavy atom. The Labute approximate surface area is 193 Å². The molecule has 6 aromatic rings. The molecule has 5 aromatic carbocycles. The van der Waals surface area contributed by atoms with Gasteiger partial charge in [0.1, 0.15) is 0 Å². The average Bonchev–Trinajstić information content (AvgIpc) is 3.27. The van der Waals surface area contributed by atoms with Crippen LogP contribution in [0.3, 0.4) is 0 Å². The molecule has 1 heterocycles. The summed E-state index contributed by atoms with van der Waals surface area (Å²) in [7, 11) is 2.16. The number of aromatic amines is 1. The van der Waals surface area contributed by atoms with Gasteiger partial charge < -0.3 is 9.88 Å². The lowest BCUT2D eigenvalue weighted by atomic mass is 9.99. The number of hydrogen-bond donors (Lipinski definition) is 1. The second-order valence-corrected chi connectivity index (χ2v) is 8.40. The molecule has 0 spiro atoms. The van der Waals surface area contributed by atoms with Gasteiger partial charge in [-0.05, 0) is 34.9 Å². The molecule has 0 radical (unpaired) electrons. The number of hydrogen-bond acceptors (Lipinski definition) is 1.